The van der Waals surface area contributed by atoms with Gasteiger partial charge in [-0.1, -0.05) is 13.0 Å². The van der Waals surface area contributed by atoms with Crippen molar-refractivity contribution in [3.8, 4) is 5.75 Å². The molecule has 6 nitrogen and oxygen atoms in total. The Hall–Kier alpha value is -2.67. The van der Waals surface area contributed by atoms with Gasteiger partial charge >= 0.3 is 0 Å². The fraction of sp³-hybridized carbons (Fsp3) is 0.350. The van der Waals surface area contributed by atoms with Gasteiger partial charge in [0.15, 0.2) is 6.61 Å². The molecule has 2 amide bonds. The molecule has 2 aromatic rings. The van der Waals surface area contributed by atoms with E-state index < -0.39 is 0 Å². The van der Waals surface area contributed by atoms with Gasteiger partial charge in [0.05, 0.1) is 10.6 Å². The van der Waals surface area contributed by atoms with E-state index in [9.17, 15) is 14.4 Å². The van der Waals surface area contributed by atoms with Crippen molar-refractivity contribution < 1.29 is 19.1 Å². The molecule has 2 heterocycles. The second-order valence-corrected chi connectivity index (χ2v) is 7.99. The lowest BCUT2D eigenvalue weighted by atomic mass is 10.0. The van der Waals surface area contributed by atoms with Gasteiger partial charge in [0.2, 0.25) is 11.7 Å². The molecular formula is C20H22N2O4S. The SMILES string of the molecule is CCC(C)(C)NC(=O)CN1C(=O)COc2ccc(C(=O)c3cccs3)cc21. The molecule has 0 saturated heterocycles. The number of nitrogens with zero attached hydrogens (tertiary/aromatic N) is 1. The average molecular weight is 386 g/mol. The first-order chi connectivity index (χ1) is 12.8. The predicted octanol–water partition coefficient (Wildman–Crippen LogP) is 3.01. The number of hydrogen-bond acceptors (Lipinski definition) is 5. The van der Waals surface area contributed by atoms with Crippen LogP contribution in [0.15, 0.2) is 35.7 Å². The fourth-order valence-corrected chi connectivity index (χ4v) is 3.40. The van der Waals surface area contributed by atoms with Gasteiger partial charge in [-0.15, -0.1) is 11.3 Å². The molecule has 1 aliphatic heterocycles. The predicted molar refractivity (Wildman–Crippen MR) is 105 cm³/mol. The summed E-state index contributed by atoms with van der Waals surface area (Å²) in [7, 11) is 0. The molecule has 3 rings (SSSR count). The Balaban J connectivity index is 1.87. The Bertz CT molecular complexity index is 874. The molecule has 27 heavy (non-hydrogen) atoms. The number of hydrogen-bond donors (Lipinski definition) is 1. The van der Waals surface area contributed by atoms with Gasteiger partial charge in [-0.2, -0.15) is 0 Å². The summed E-state index contributed by atoms with van der Waals surface area (Å²) in [4.78, 5) is 39.4. The highest BCUT2D eigenvalue weighted by Gasteiger charge is 2.29. The topological polar surface area (TPSA) is 75.7 Å². The van der Waals surface area contributed by atoms with Crippen LogP contribution in [0.25, 0.3) is 0 Å². The third-order valence-electron chi connectivity index (χ3n) is 4.57. The molecule has 0 unspecified atom stereocenters. The molecule has 142 valence electrons. The van der Waals surface area contributed by atoms with Crippen LogP contribution in [0.2, 0.25) is 0 Å². The lowest BCUT2D eigenvalue weighted by Gasteiger charge is -2.31. The second-order valence-electron chi connectivity index (χ2n) is 7.04. The fourth-order valence-electron chi connectivity index (χ4n) is 2.72. The van der Waals surface area contributed by atoms with E-state index in [1.165, 1.54) is 16.2 Å². The molecule has 1 aromatic heterocycles. The molecule has 7 heteroatoms. The minimum atomic E-state index is -0.355. The van der Waals surface area contributed by atoms with E-state index in [1.807, 2.05) is 32.2 Å². The largest absolute Gasteiger partial charge is 0.482 e. The minimum Gasteiger partial charge on any atom is -0.482 e. The number of nitrogens with one attached hydrogen (secondary N) is 1. The monoisotopic (exact) mass is 386 g/mol. The summed E-state index contributed by atoms with van der Waals surface area (Å²) < 4.78 is 5.46. The van der Waals surface area contributed by atoms with E-state index in [0.717, 1.165) is 6.42 Å². The summed E-state index contributed by atoms with van der Waals surface area (Å²) in [6.45, 7) is 5.60. The first-order valence-electron chi connectivity index (χ1n) is 8.77. The van der Waals surface area contributed by atoms with Crippen molar-refractivity contribution in [1.29, 1.82) is 0 Å². The molecule has 1 aliphatic rings. The molecule has 0 aliphatic carbocycles. The lowest BCUT2D eigenvalue weighted by Crippen LogP contribution is -2.50. The van der Waals surface area contributed by atoms with Gasteiger partial charge in [-0.05, 0) is 49.9 Å². The lowest BCUT2D eigenvalue weighted by molar-refractivity contribution is -0.126. The maximum atomic E-state index is 12.6. The maximum Gasteiger partial charge on any atom is 0.265 e. The van der Waals surface area contributed by atoms with Crippen LogP contribution in [0.4, 0.5) is 5.69 Å². The molecule has 1 N–H and O–H groups in total. The smallest absolute Gasteiger partial charge is 0.265 e. The van der Waals surface area contributed by atoms with Crippen LogP contribution in [0.5, 0.6) is 5.75 Å². The van der Waals surface area contributed by atoms with Crippen LogP contribution in [0, 0.1) is 0 Å². The highest BCUT2D eigenvalue weighted by molar-refractivity contribution is 7.12. The van der Waals surface area contributed by atoms with Crippen molar-refractivity contribution in [2.75, 3.05) is 18.1 Å². The molecule has 0 spiro atoms. The van der Waals surface area contributed by atoms with Crippen LogP contribution < -0.4 is 15.0 Å². The molecule has 1 aromatic carbocycles. The number of carbonyl (C=O) groups is 3. The van der Waals surface area contributed by atoms with E-state index in [4.69, 9.17) is 4.74 Å². The van der Waals surface area contributed by atoms with Crippen molar-refractivity contribution in [3.05, 3.63) is 46.2 Å². The third kappa shape index (κ3) is 4.19. The van der Waals surface area contributed by atoms with Crippen molar-refractivity contribution in [2.24, 2.45) is 0 Å². The zero-order chi connectivity index (χ0) is 19.6. The summed E-state index contributed by atoms with van der Waals surface area (Å²) in [5, 5.41) is 4.76. The number of fused-ring (bicyclic) bond motifs is 1. The van der Waals surface area contributed by atoms with E-state index in [2.05, 4.69) is 5.32 Å². The Morgan fingerprint density at radius 1 is 1.30 bits per heavy atom. The molecule has 0 fully saturated rings. The number of thiophene rings is 1. The summed E-state index contributed by atoms with van der Waals surface area (Å²) in [5.74, 6) is -0.201. The highest BCUT2D eigenvalue weighted by Crippen LogP contribution is 2.33. The van der Waals surface area contributed by atoms with E-state index in [-0.39, 0.29) is 36.3 Å². The number of ketones is 1. The molecule has 0 saturated carbocycles. The third-order valence-corrected chi connectivity index (χ3v) is 5.44. The second kappa shape index (κ2) is 7.52. The molecule has 0 radical (unpaired) electrons. The van der Waals surface area contributed by atoms with Crippen LogP contribution in [0.3, 0.4) is 0 Å². The van der Waals surface area contributed by atoms with Crippen LogP contribution in [-0.4, -0.2) is 36.3 Å². The normalized spacial score (nSPS) is 13.7. The number of carbonyl (C=O) groups excluding carboxylic acids is 3. The summed E-state index contributed by atoms with van der Waals surface area (Å²) in [6, 6.07) is 8.53. The molecule has 0 atom stereocenters. The van der Waals surface area contributed by atoms with E-state index >= 15 is 0 Å². The summed E-state index contributed by atoms with van der Waals surface area (Å²) in [5.41, 5.74) is 0.540. The highest BCUT2D eigenvalue weighted by atomic mass is 32.1. The van der Waals surface area contributed by atoms with Gasteiger partial charge in [0, 0.05) is 11.1 Å². The Morgan fingerprint density at radius 2 is 2.07 bits per heavy atom. The van der Waals surface area contributed by atoms with Gasteiger partial charge in [0.25, 0.3) is 5.91 Å². The first-order valence-corrected chi connectivity index (χ1v) is 9.65. The van der Waals surface area contributed by atoms with Crippen LogP contribution in [0.1, 0.15) is 42.4 Å². The number of benzene rings is 1. The van der Waals surface area contributed by atoms with Gasteiger partial charge in [-0.3, -0.25) is 19.3 Å². The summed E-state index contributed by atoms with van der Waals surface area (Å²) in [6.07, 6.45) is 0.770. The Kier molecular flexibility index (Phi) is 5.32. The maximum absolute atomic E-state index is 12.6. The number of amides is 2. The van der Waals surface area contributed by atoms with Crippen molar-refractivity contribution in [2.45, 2.75) is 32.7 Å². The number of anilines is 1. The van der Waals surface area contributed by atoms with Crippen LogP contribution in [-0.2, 0) is 9.59 Å². The zero-order valence-electron chi connectivity index (χ0n) is 15.6. The minimum absolute atomic E-state index is 0.116. The zero-order valence-corrected chi connectivity index (χ0v) is 16.4. The Labute approximate surface area is 162 Å². The van der Waals surface area contributed by atoms with Gasteiger partial charge in [0.1, 0.15) is 12.3 Å². The van der Waals surface area contributed by atoms with Crippen molar-refractivity contribution in [1.82, 2.24) is 5.32 Å². The number of ether oxygens (including phenoxy) is 1. The standard InChI is InChI=1S/C20H22N2O4S/c1-4-20(2,3)21-17(23)11-22-14-10-13(19(25)16-6-5-9-27-16)7-8-15(14)26-12-18(22)24/h5-10H,4,11-12H2,1-3H3,(H,21,23). The van der Waals surface area contributed by atoms with Crippen molar-refractivity contribution >= 4 is 34.6 Å². The first kappa shape index (κ1) is 19.1. The van der Waals surface area contributed by atoms with Crippen LogP contribution >= 0.6 is 11.3 Å². The van der Waals surface area contributed by atoms with E-state index in [0.29, 0.717) is 21.9 Å². The molecule has 0 bridgehead atoms. The van der Waals surface area contributed by atoms with Crippen molar-refractivity contribution in [3.63, 3.8) is 0 Å². The molecular weight excluding hydrogens is 364 g/mol. The van der Waals surface area contributed by atoms with Gasteiger partial charge < -0.3 is 10.1 Å². The summed E-state index contributed by atoms with van der Waals surface area (Å²) >= 11 is 1.36. The number of rotatable bonds is 6. The average Bonchev–Trinajstić information content (AvgIpc) is 3.17. The van der Waals surface area contributed by atoms with E-state index in [1.54, 1.807) is 24.3 Å². The Morgan fingerprint density at radius 3 is 2.74 bits per heavy atom. The quantitative estimate of drug-likeness (QED) is 0.775. The van der Waals surface area contributed by atoms with Gasteiger partial charge in [-0.25, -0.2) is 0 Å².